The Morgan fingerprint density at radius 2 is 2.15 bits per heavy atom. The van der Waals surface area contributed by atoms with Gasteiger partial charge in [-0.3, -0.25) is 0 Å². The standard InChI is InChI=1S/C10H18N2O/c1-7(11)8-6-12-9(13-8)5-10(2,3)4/h6-7H,5,11H2,1-4H3. The van der Waals surface area contributed by atoms with Crippen LogP contribution in [0.5, 0.6) is 0 Å². The van der Waals surface area contributed by atoms with E-state index in [1.807, 2.05) is 6.92 Å². The van der Waals surface area contributed by atoms with Gasteiger partial charge in [-0.1, -0.05) is 20.8 Å². The number of hydrogen-bond acceptors (Lipinski definition) is 3. The molecule has 0 spiro atoms. The molecule has 0 saturated carbocycles. The second kappa shape index (κ2) is 3.50. The summed E-state index contributed by atoms with van der Waals surface area (Å²) < 4.78 is 5.48. The van der Waals surface area contributed by atoms with Crippen LogP contribution >= 0.6 is 0 Å². The minimum Gasteiger partial charge on any atom is -0.444 e. The fourth-order valence-electron chi connectivity index (χ4n) is 1.07. The van der Waals surface area contributed by atoms with Gasteiger partial charge in [-0.05, 0) is 12.3 Å². The topological polar surface area (TPSA) is 52.0 Å². The summed E-state index contributed by atoms with van der Waals surface area (Å²) in [4.78, 5) is 4.18. The lowest BCUT2D eigenvalue weighted by atomic mass is 9.92. The summed E-state index contributed by atoms with van der Waals surface area (Å²) in [7, 11) is 0. The maximum absolute atomic E-state index is 5.66. The summed E-state index contributed by atoms with van der Waals surface area (Å²) in [5, 5.41) is 0. The first-order valence-corrected chi connectivity index (χ1v) is 4.59. The van der Waals surface area contributed by atoms with E-state index < -0.39 is 0 Å². The molecule has 0 aliphatic rings. The molecule has 0 aromatic carbocycles. The Bertz CT molecular complexity index is 271. The lowest BCUT2D eigenvalue weighted by molar-refractivity contribution is 0.340. The number of oxazole rings is 1. The van der Waals surface area contributed by atoms with Gasteiger partial charge in [-0.2, -0.15) is 0 Å². The van der Waals surface area contributed by atoms with E-state index in [2.05, 4.69) is 25.8 Å². The third-order valence-electron chi connectivity index (χ3n) is 1.70. The minimum absolute atomic E-state index is 0.0683. The SMILES string of the molecule is CC(N)c1cnc(CC(C)(C)C)o1. The Labute approximate surface area is 79.3 Å². The van der Waals surface area contributed by atoms with Crippen LogP contribution in [0.15, 0.2) is 10.6 Å². The van der Waals surface area contributed by atoms with Gasteiger partial charge >= 0.3 is 0 Å². The second-order valence-corrected chi connectivity index (χ2v) is 4.68. The van der Waals surface area contributed by atoms with Gasteiger partial charge < -0.3 is 10.2 Å². The summed E-state index contributed by atoms with van der Waals surface area (Å²) in [6, 6.07) is -0.0683. The molecule has 0 aliphatic heterocycles. The van der Waals surface area contributed by atoms with E-state index in [-0.39, 0.29) is 11.5 Å². The molecule has 0 radical (unpaired) electrons. The molecule has 1 atom stereocenters. The molecule has 0 amide bonds. The maximum atomic E-state index is 5.66. The normalized spacial score (nSPS) is 14.5. The number of nitrogens with two attached hydrogens (primary N) is 1. The third kappa shape index (κ3) is 3.19. The largest absolute Gasteiger partial charge is 0.444 e. The number of rotatable bonds is 2. The molecule has 2 N–H and O–H groups in total. The van der Waals surface area contributed by atoms with Crippen molar-refractivity contribution in [1.29, 1.82) is 0 Å². The van der Waals surface area contributed by atoms with Crippen molar-refractivity contribution in [3.05, 3.63) is 17.8 Å². The first kappa shape index (κ1) is 10.3. The van der Waals surface area contributed by atoms with E-state index >= 15 is 0 Å². The lowest BCUT2D eigenvalue weighted by Crippen LogP contribution is -2.09. The summed E-state index contributed by atoms with van der Waals surface area (Å²) in [5.41, 5.74) is 5.87. The molecule has 0 saturated heterocycles. The van der Waals surface area contributed by atoms with E-state index in [1.54, 1.807) is 6.20 Å². The van der Waals surface area contributed by atoms with Gasteiger partial charge in [0, 0.05) is 6.42 Å². The van der Waals surface area contributed by atoms with E-state index in [4.69, 9.17) is 10.2 Å². The van der Waals surface area contributed by atoms with Crippen LogP contribution in [0.1, 0.15) is 45.4 Å². The van der Waals surface area contributed by atoms with Crippen LogP contribution in [-0.4, -0.2) is 4.98 Å². The zero-order chi connectivity index (χ0) is 10.1. The molecule has 13 heavy (non-hydrogen) atoms. The highest BCUT2D eigenvalue weighted by atomic mass is 16.4. The average molecular weight is 182 g/mol. The molecule has 3 nitrogen and oxygen atoms in total. The molecular weight excluding hydrogens is 164 g/mol. The van der Waals surface area contributed by atoms with Crippen molar-refractivity contribution in [2.75, 3.05) is 0 Å². The van der Waals surface area contributed by atoms with E-state index in [1.165, 1.54) is 0 Å². The van der Waals surface area contributed by atoms with Gasteiger partial charge in [-0.15, -0.1) is 0 Å². The van der Waals surface area contributed by atoms with Gasteiger partial charge in [0.15, 0.2) is 5.89 Å². The van der Waals surface area contributed by atoms with Crippen LogP contribution < -0.4 is 5.73 Å². The maximum Gasteiger partial charge on any atom is 0.194 e. The van der Waals surface area contributed by atoms with Crippen LogP contribution in [0.4, 0.5) is 0 Å². The second-order valence-electron chi connectivity index (χ2n) is 4.68. The molecule has 1 aromatic heterocycles. The summed E-state index contributed by atoms with van der Waals surface area (Å²) >= 11 is 0. The highest BCUT2D eigenvalue weighted by Gasteiger charge is 2.16. The van der Waals surface area contributed by atoms with Crippen molar-refractivity contribution in [1.82, 2.24) is 4.98 Å². The van der Waals surface area contributed by atoms with Crippen LogP contribution in [0.25, 0.3) is 0 Å². The van der Waals surface area contributed by atoms with E-state index in [9.17, 15) is 0 Å². The Morgan fingerprint density at radius 1 is 1.54 bits per heavy atom. The Hall–Kier alpha value is -0.830. The quantitative estimate of drug-likeness (QED) is 0.763. The molecular formula is C10H18N2O. The van der Waals surface area contributed by atoms with Crippen molar-refractivity contribution >= 4 is 0 Å². The number of hydrogen-bond donors (Lipinski definition) is 1. The van der Waals surface area contributed by atoms with Crippen molar-refractivity contribution in [3.8, 4) is 0 Å². The first-order valence-electron chi connectivity index (χ1n) is 4.59. The monoisotopic (exact) mass is 182 g/mol. The molecule has 74 valence electrons. The van der Waals surface area contributed by atoms with Crippen LogP contribution in [0.2, 0.25) is 0 Å². The summed E-state index contributed by atoms with van der Waals surface area (Å²) in [6.07, 6.45) is 2.56. The van der Waals surface area contributed by atoms with Gasteiger partial charge in [-0.25, -0.2) is 4.98 Å². The predicted octanol–water partition coefficient (Wildman–Crippen LogP) is 2.28. The van der Waals surface area contributed by atoms with Crippen molar-refractivity contribution < 1.29 is 4.42 Å². The molecule has 0 bridgehead atoms. The molecule has 0 fully saturated rings. The Kier molecular flexibility index (Phi) is 2.76. The Balaban J connectivity index is 2.70. The first-order chi connectivity index (χ1) is 5.88. The van der Waals surface area contributed by atoms with Crippen LogP contribution in [0.3, 0.4) is 0 Å². The van der Waals surface area contributed by atoms with Crippen molar-refractivity contribution in [2.24, 2.45) is 11.1 Å². The highest BCUT2D eigenvalue weighted by Crippen LogP contribution is 2.21. The molecule has 1 rings (SSSR count). The lowest BCUT2D eigenvalue weighted by Gasteiger charge is -2.14. The van der Waals surface area contributed by atoms with Gasteiger partial charge in [0.05, 0.1) is 12.2 Å². The molecule has 0 aliphatic carbocycles. The minimum atomic E-state index is -0.0683. The van der Waals surface area contributed by atoms with Crippen LogP contribution in [-0.2, 0) is 6.42 Å². The Morgan fingerprint density at radius 3 is 2.54 bits per heavy atom. The van der Waals surface area contributed by atoms with Gasteiger partial charge in [0.25, 0.3) is 0 Å². The fraction of sp³-hybridized carbons (Fsp3) is 0.700. The predicted molar refractivity (Wildman–Crippen MR) is 52.3 cm³/mol. The number of nitrogens with zero attached hydrogens (tertiary/aromatic N) is 1. The number of aromatic nitrogens is 1. The fourth-order valence-corrected chi connectivity index (χ4v) is 1.07. The zero-order valence-corrected chi connectivity index (χ0v) is 8.79. The van der Waals surface area contributed by atoms with Gasteiger partial charge in [0.2, 0.25) is 0 Å². The van der Waals surface area contributed by atoms with E-state index in [0.717, 1.165) is 18.1 Å². The third-order valence-corrected chi connectivity index (χ3v) is 1.70. The van der Waals surface area contributed by atoms with Crippen molar-refractivity contribution in [3.63, 3.8) is 0 Å². The summed E-state index contributed by atoms with van der Waals surface area (Å²) in [6.45, 7) is 8.36. The van der Waals surface area contributed by atoms with E-state index in [0.29, 0.717) is 0 Å². The average Bonchev–Trinajstić information content (AvgIpc) is 2.31. The highest BCUT2D eigenvalue weighted by molar-refractivity contribution is 4.99. The molecule has 1 heterocycles. The molecule has 1 aromatic rings. The smallest absolute Gasteiger partial charge is 0.194 e. The summed E-state index contributed by atoms with van der Waals surface area (Å²) in [5.74, 6) is 1.54. The molecule has 1 unspecified atom stereocenters. The zero-order valence-electron chi connectivity index (χ0n) is 8.79. The molecule has 3 heteroatoms. The van der Waals surface area contributed by atoms with Crippen molar-refractivity contribution in [2.45, 2.75) is 40.2 Å². The van der Waals surface area contributed by atoms with Crippen LogP contribution in [0, 0.1) is 5.41 Å². The van der Waals surface area contributed by atoms with Gasteiger partial charge in [0.1, 0.15) is 5.76 Å².